The average molecular weight is 585 g/mol. The van der Waals surface area contributed by atoms with Gasteiger partial charge in [-0.2, -0.15) is 0 Å². The largest absolute Gasteiger partial charge is 0.481 e. The fourth-order valence-corrected chi connectivity index (χ4v) is 6.80. The van der Waals surface area contributed by atoms with Gasteiger partial charge in [0.15, 0.2) is 5.60 Å². The first-order valence-corrected chi connectivity index (χ1v) is 13.9. The summed E-state index contributed by atoms with van der Waals surface area (Å²) in [6.07, 6.45) is -0.282. The van der Waals surface area contributed by atoms with Crippen molar-refractivity contribution in [2.45, 2.75) is 148 Å². The Morgan fingerprint density at radius 1 is 0.707 bits per heavy atom. The Hall–Kier alpha value is -2.77. The van der Waals surface area contributed by atoms with Crippen LogP contribution in [0.15, 0.2) is 0 Å². The van der Waals surface area contributed by atoms with Crippen LogP contribution in [0.2, 0.25) is 0 Å². The molecule has 234 valence electrons. The van der Waals surface area contributed by atoms with Crippen LogP contribution in [0.1, 0.15) is 108 Å². The Bertz CT molecular complexity index is 1020. The minimum Gasteiger partial charge on any atom is -0.481 e. The van der Waals surface area contributed by atoms with Gasteiger partial charge in [0.05, 0.1) is 35.0 Å². The van der Waals surface area contributed by atoms with Crippen LogP contribution in [-0.4, -0.2) is 89.9 Å². The van der Waals surface area contributed by atoms with E-state index in [0.29, 0.717) is 25.7 Å². The summed E-state index contributed by atoms with van der Waals surface area (Å²) in [6.45, 7) is 17.4. The van der Waals surface area contributed by atoms with E-state index < -0.39 is 58.5 Å². The van der Waals surface area contributed by atoms with E-state index in [0.717, 1.165) is 0 Å². The van der Waals surface area contributed by atoms with E-state index in [4.69, 9.17) is 9.68 Å². The Kier molecular flexibility index (Phi) is 9.95. The number of rotatable bonds is 9. The molecule has 0 bridgehead atoms. The molecule has 41 heavy (non-hydrogen) atoms. The molecule has 0 aromatic rings. The Labute approximate surface area is 242 Å². The predicted molar refractivity (Wildman–Crippen MR) is 148 cm³/mol. The number of carbonyl (C=O) groups excluding carboxylic acids is 4. The Morgan fingerprint density at radius 2 is 1.05 bits per heavy atom. The highest BCUT2D eigenvalue weighted by molar-refractivity contribution is 5.89. The monoisotopic (exact) mass is 584 g/mol. The van der Waals surface area contributed by atoms with E-state index in [2.05, 4.69) is 10.6 Å². The van der Waals surface area contributed by atoms with Crippen LogP contribution in [0.25, 0.3) is 0 Å². The second-order valence-corrected chi connectivity index (χ2v) is 14.1. The van der Waals surface area contributed by atoms with Gasteiger partial charge in [0, 0.05) is 25.9 Å². The summed E-state index contributed by atoms with van der Waals surface area (Å²) in [5.41, 5.74) is -5.79. The Morgan fingerprint density at radius 3 is 1.37 bits per heavy atom. The van der Waals surface area contributed by atoms with Crippen molar-refractivity contribution in [2.75, 3.05) is 0 Å². The molecule has 0 radical (unpaired) electrons. The molecular formula is C28H48N4O9. The number of hydrogen-bond acceptors (Lipinski definition) is 10. The molecule has 2 fully saturated rings. The van der Waals surface area contributed by atoms with Crippen LogP contribution >= 0.6 is 0 Å². The number of aliphatic hydroxyl groups is 1. The molecule has 2 saturated heterocycles. The summed E-state index contributed by atoms with van der Waals surface area (Å²) in [5, 5.41) is 29.5. The van der Waals surface area contributed by atoms with Crippen LogP contribution in [-0.2, 0) is 33.6 Å². The van der Waals surface area contributed by atoms with Crippen molar-refractivity contribution in [2.24, 2.45) is 0 Å². The molecule has 0 aromatic carbocycles. The highest BCUT2D eigenvalue weighted by Crippen LogP contribution is 2.41. The highest BCUT2D eigenvalue weighted by Gasteiger charge is 2.53. The molecule has 4 N–H and O–H groups in total. The Balaban J connectivity index is 2.25. The number of carbonyl (C=O) groups is 5. The lowest BCUT2D eigenvalue weighted by atomic mass is 9.79. The minimum absolute atomic E-state index is 0.159. The van der Waals surface area contributed by atoms with Crippen LogP contribution in [0.3, 0.4) is 0 Å². The van der Waals surface area contributed by atoms with Gasteiger partial charge in [-0.1, -0.05) is 0 Å². The summed E-state index contributed by atoms with van der Waals surface area (Å²) in [7, 11) is 0. The maximum atomic E-state index is 13.4. The topological polar surface area (TPSA) is 175 Å². The molecule has 13 nitrogen and oxygen atoms in total. The van der Waals surface area contributed by atoms with Gasteiger partial charge >= 0.3 is 17.9 Å². The second kappa shape index (κ2) is 11.8. The van der Waals surface area contributed by atoms with E-state index in [9.17, 15) is 34.2 Å². The molecule has 0 aromatic heterocycles. The smallest absolute Gasteiger partial charge is 0.358 e. The molecular weight excluding hydrogens is 536 g/mol. The van der Waals surface area contributed by atoms with Gasteiger partial charge in [-0.25, -0.2) is 4.79 Å². The van der Waals surface area contributed by atoms with Gasteiger partial charge in [-0.15, -0.1) is 10.1 Å². The summed E-state index contributed by atoms with van der Waals surface area (Å²) in [6, 6.07) is -0.352. The SMILES string of the molecule is CC(=O)NC1CC(C)(C)N(OC(=O)CC(O)(CC(=O)O)C(=O)ON2C(C)(C)CC(NC(C)=O)CC2(C)C)C(C)(C)C1. The van der Waals surface area contributed by atoms with Crippen LogP contribution in [0.5, 0.6) is 0 Å². The van der Waals surface area contributed by atoms with Crippen molar-refractivity contribution in [3.8, 4) is 0 Å². The molecule has 2 aliphatic heterocycles. The van der Waals surface area contributed by atoms with Crippen LogP contribution in [0.4, 0.5) is 0 Å². The molecule has 1 atom stereocenters. The summed E-state index contributed by atoms with van der Waals surface area (Å²) < 4.78 is 0. The second-order valence-electron chi connectivity index (χ2n) is 14.1. The molecule has 2 rings (SSSR count). The third-order valence-electron chi connectivity index (χ3n) is 7.63. The van der Waals surface area contributed by atoms with E-state index in [1.807, 2.05) is 27.7 Å². The van der Waals surface area contributed by atoms with Gasteiger partial charge in [0.2, 0.25) is 11.8 Å². The number of carboxylic acid groups (broad SMARTS) is 1. The van der Waals surface area contributed by atoms with Gasteiger partial charge < -0.3 is 30.5 Å². The molecule has 2 aliphatic rings. The summed E-state index contributed by atoms with van der Waals surface area (Å²) >= 11 is 0. The average Bonchev–Trinajstić information content (AvgIpc) is 2.70. The van der Waals surface area contributed by atoms with Crippen molar-refractivity contribution < 1.29 is 43.9 Å². The number of piperidine rings is 2. The number of hydroxylamine groups is 4. The normalized spacial score (nSPS) is 24.0. The molecule has 2 heterocycles. The number of amides is 2. The van der Waals surface area contributed by atoms with Crippen molar-refractivity contribution in [3.63, 3.8) is 0 Å². The summed E-state index contributed by atoms with van der Waals surface area (Å²) in [5.74, 6) is -4.16. The summed E-state index contributed by atoms with van der Waals surface area (Å²) in [4.78, 5) is 73.0. The standard InChI is InChI=1S/C28H48N4O9/c1-17(33)29-19-11-24(3,4)31(25(5,6)12-19)40-22(37)16-28(39,15-21(35)36)23(38)41-32-26(7,8)13-20(30-18(2)34)14-27(32,9)10/h19-20,39H,11-16H2,1-10H3,(H,29,33)(H,30,34)(H,35,36). The van der Waals surface area contributed by atoms with Crippen molar-refractivity contribution in [1.29, 1.82) is 0 Å². The van der Waals surface area contributed by atoms with E-state index in [1.54, 1.807) is 27.7 Å². The number of hydrogen-bond donors (Lipinski definition) is 4. The molecule has 0 spiro atoms. The van der Waals surface area contributed by atoms with Crippen LogP contribution in [0, 0.1) is 0 Å². The third kappa shape index (κ3) is 8.62. The van der Waals surface area contributed by atoms with Crippen LogP contribution < -0.4 is 10.6 Å². The number of carboxylic acids is 1. The zero-order valence-electron chi connectivity index (χ0n) is 26.0. The molecule has 13 heteroatoms. The van der Waals surface area contributed by atoms with Gasteiger partial charge in [-0.05, 0) is 81.1 Å². The van der Waals surface area contributed by atoms with E-state index >= 15 is 0 Å². The van der Waals surface area contributed by atoms with Crippen molar-refractivity contribution in [3.05, 3.63) is 0 Å². The lowest BCUT2D eigenvalue weighted by Gasteiger charge is -2.53. The first-order valence-electron chi connectivity index (χ1n) is 13.9. The number of nitrogens with one attached hydrogen (secondary N) is 2. The lowest BCUT2D eigenvalue weighted by Crippen LogP contribution is -2.66. The van der Waals surface area contributed by atoms with Crippen molar-refractivity contribution in [1.82, 2.24) is 20.8 Å². The zero-order chi connectivity index (χ0) is 31.8. The maximum Gasteiger partial charge on any atom is 0.358 e. The van der Waals surface area contributed by atoms with Gasteiger partial charge in [0.25, 0.3) is 0 Å². The number of aliphatic carboxylic acids is 1. The maximum absolute atomic E-state index is 13.4. The first kappa shape index (κ1) is 34.4. The minimum atomic E-state index is -2.72. The lowest BCUT2D eigenvalue weighted by molar-refractivity contribution is -0.283. The predicted octanol–water partition coefficient (Wildman–Crippen LogP) is 1.81. The quantitative estimate of drug-likeness (QED) is 0.311. The zero-order valence-corrected chi connectivity index (χ0v) is 26.0. The van der Waals surface area contributed by atoms with E-state index in [1.165, 1.54) is 24.0 Å². The number of nitrogens with zero attached hydrogens (tertiary/aromatic N) is 2. The van der Waals surface area contributed by atoms with Crippen molar-refractivity contribution >= 4 is 29.7 Å². The van der Waals surface area contributed by atoms with Gasteiger partial charge in [0.1, 0.15) is 0 Å². The molecule has 0 aliphatic carbocycles. The van der Waals surface area contributed by atoms with Gasteiger partial charge in [-0.3, -0.25) is 19.2 Å². The molecule has 1 unspecified atom stereocenters. The fourth-order valence-electron chi connectivity index (χ4n) is 6.80. The third-order valence-corrected chi connectivity index (χ3v) is 7.63. The molecule has 0 saturated carbocycles. The van der Waals surface area contributed by atoms with E-state index in [-0.39, 0.29) is 23.9 Å². The molecule has 2 amide bonds. The highest BCUT2D eigenvalue weighted by atomic mass is 16.7. The first-order chi connectivity index (χ1) is 18.4. The fraction of sp³-hybridized carbons (Fsp3) is 0.821.